The van der Waals surface area contributed by atoms with Crippen molar-refractivity contribution in [2.75, 3.05) is 0 Å². The van der Waals surface area contributed by atoms with Gasteiger partial charge in [-0.3, -0.25) is 0 Å². The van der Waals surface area contributed by atoms with E-state index in [1.165, 1.54) is 29.3 Å². The summed E-state index contributed by atoms with van der Waals surface area (Å²) in [6.07, 6.45) is 3.95. The predicted octanol–water partition coefficient (Wildman–Crippen LogP) is 4.08. The summed E-state index contributed by atoms with van der Waals surface area (Å²) in [5.74, 6) is 0.755. The van der Waals surface area contributed by atoms with Gasteiger partial charge >= 0.3 is 0 Å². The third kappa shape index (κ3) is 2.30. The van der Waals surface area contributed by atoms with Gasteiger partial charge in [-0.15, -0.1) is 0 Å². The highest BCUT2D eigenvalue weighted by Gasteiger charge is 2.47. The minimum absolute atomic E-state index is 0.554. The summed E-state index contributed by atoms with van der Waals surface area (Å²) in [5, 5.41) is 3.78. The summed E-state index contributed by atoms with van der Waals surface area (Å²) in [4.78, 5) is 0. The Balaban J connectivity index is 1.53. The monoisotopic (exact) mass is 293 g/mol. The molecular formula is C15H20BrN. The largest absolute Gasteiger partial charge is 0.311 e. The quantitative estimate of drug-likeness (QED) is 0.885. The lowest BCUT2D eigenvalue weighted by Gasteiger charge is -2.37. The maximum atomic E-state index is 3.78. The summed E-state index contributed by atoms with van der Waals surface area (Å²) >= 11 is 3.65. The topological polar surface area (TPSA) is 12.0 Å². The first kappa shape index (κ1) is 11.7. The van der Waals surface area contributed by atoms with Crippen molar-refractivity contribution in [1.29, 1.82) is 0 Å². The van der Waals surface area contributed by atoms with E-state index in [4.69, 9.17) is 0 Å². The van der Waals surface area contributed by atoms with Gasteiger partial charge in [0.15, 0.2) is 0 Å². The van der Waals surface area contributed by atoms with Crippen molar-refractivity contribution in [2.45, 2.75) is 51.1 Å². The van der Waals surface area contributed by atoms with Gasteiger partial charge in [0, 0.05) is 16.6 Å². The molecule has 1 unspecified atom stereocenters. The molecule has 1 N–H and O–H groups in total. The summed E-state index contributed by atoms with van der Waals surface area (Å²) in [6.45, 7) is 4.71. The number of hydrogen-bond donors (Lipinski definition) is 1. The fourth-order valence-electron chi connectivity index (χ4n) is 2.85. The van der Waals surface area contributed by atoms with Gasteiger partial charge in [0.05, 0.1) is 0 Å². The van der Waals surface area contributed by atoms with E-state index in [1.54, 1.807) is 0 Å². The average molecular weight is 294 g/mol. The highest BCUT2D eigenvalue weighted by atomic mass is 79.9. The standard InChI is InChI=1S/C15H20BrN/c1-15(2)9-14(15)17-11-7-10(8-11)12-5-3-4-6-13(12)16/h3-6,10-11,14,17H,7-9H2,1-2H3. The van der Waals surface area contributed by atoms with Crippen molar-refractivity contribution in [3.8, 4) is 0 Å². The number of nitrogens with one attached hydrogen (secondary N) is 1. The van der Waals surface area contributed by atoms with Crippen molar-refractivity contribution >= 4 is 15.9 Å². The van der Waals surface area contributed by atoms with Crippen molar-refractivity contribution in [3.05, 3.63) is 34.3 Å². The number of halogens is 1. The SMILES string of the molecule is CC1(C)CC1NC1CC(c2ccccc2Br)C1. The number of rotatable bonds is 3. The molecule has 1 aromatic carbocycles. The molecule has 3 rings (SSSR count). The fourth-order valence-corrected chi connectivity index (χ4v) is 3.46. The molecule has 0 spiro atoms. The number of hydrogen-bond acceptors (Lipinski definition) is 1. The maximum Gasteiger partial charge on any atom is 0.0210 e. The Morgan fingerprint density at radius 2 is 1.88 bits per heavy atom. The second kappa shape index (κ2) is 4.10. The summed E-state index contributed by atoms with van der Waals surface area (Å²) in [7, 11) is 0. The summed E-state index contributed by atoms with van der Waals surface area (Å²) in [5.41, 5.74) is 2.04. The lowest BCUT2D eigenvalue weighted by molar-refractivity contribution is 0.278. The Morgan fingerprint density at radius 3 is 2.47 bits per heavy atom. The molecule has 2 heteroatoms. The second-order valence-corrected chi connectivity index (χ2v) is 7.15. The van der Waals surface area contributed by atoms with Crippen LogP contribution >= 0.6 is 15.9 Å². The third-order valence-electron chi connectivity index (χ3n) is 4.43. The minimum atomic E-state index is 0.554. The lowest BCUT2D eigenvalue weighted by atomic mass is 9.76. The van der Waals surface area contributed by atoms with E-state index in [0.29, 0.717) is 5.41 Å². The molecule has 0 radical (unpaired) electrons. The Kier molecular flexibility index (Phi) is 2.83. The van der Waals surface area contributed by atoms with Gasteiger partial charge in [-0.05, 0) is 42.2 Å². The van der Waals surface area contributed by atoms with Crippen LogP contribution in [0.15, 0.2) is 28.7 Å². The van der Waals surface area contributed by atoms with Crippen molar-refractivity contribution in [3.63, 3.8) is 0 Å². The molecule has 0 aromatic heterocycles. The Labute approximate surface area is 112 Å². The normalized spacial score (nSPS) is 34.2. The number of benzene rings is 1. The van der Waals surface area contributed by atoms with Gasteiger partial charge in [0.1, 0.15) is 0 Å². The molecule has 1 nitrogen and oxygen atoms in total. The lowest BCUT2D eigenvalue weighted by Crippen LogP contribution is -2.42. The van der Waals surface area contributed by atoms with Crippen LogP contribution in [0.1, 0.15) is 44.6 Å². The van der Waals surface area contributed by atoms with Gasteiger partial charge in [-0.1, -0.05) is 48.0 Å². The smallest absolute Gasteiger partial charge is 0.0210 e. The van der Waals surface area contributed by atoms with Gasteiger partial charge < -0.3 is 5.32 Å². The van der Waals surface area contributed by atoms with Crippen LogP contribution in [0.25, 0.3) is 0 Å². The molecule has 92 valence electrons. The van der Waals surface area contributed by atoms with E-state index in [2.05, 4.69) is 59.4 Å². The molecule has 1 aromatic rings. The molecule has 2 aliphatic carbocycles. The molecule has 0 saturated heterocycles. The molecule has 0 bridgehead atoms. The van der Waals surface area contributed by atoms with E-state index in [1.807, 2.05) is 0 Å². The van der Waals surface area contributed by atoms with E-state index in [-0.39, 0.29) is 0 Å². The Hall–Kier alpha value is -0.340. The van der Waals surface area contributed by atoms with Crippen LogP contribution in [0.4, 0.5) is 0 Å². The molecule has 1 atom stereocenters. The predicted molar refractivity (Wildman–Crippen MR) is 75.2 cm³/mol. The van der Waals surface area contributed by atoms with Gasteiger partial charge in [-0.2, -0.15) is 0 Å². The van der Waals surface area contributed by atoms with E-state index < -0.39 is 0 Å². The summed E-state index contributed by atoms with van der Waals surface area (Å²) < 4.78 is 1.27. The highest BCUT2D eigenvalue weighted by molar-refractivity contribution is 9.10. The first-order valence-electron chi connectivity index (χ1n) is 6.57. The zero-order chi connectivity index (χ0) is 12.0. The van der Waals surface area contributed by atoms with Crippen LogP contribution in [-0.2, 0) is 0 Å². The average Bonchev–Trinajstić information content (AvgIpc) is 2.81. The Bertz CT molecular complexity index is 421. The second-order valence-electron chi connectivity index (χ2n) is 6.30. The zero-order valence-electron chi connectivity index (χ0n) is 10.5. The van der Waals surface area contributed by atoms with Crippen molar-refractivity contribution in [2.24, 2.45) is 5.41 Å². The molecule has 17 heavy (non-hydrogen) atoms. The fraction of sp³-hybridized carbons (Fsp3) is 0.600. The summed E-state index contributed by atoms with van der Waals surface area (Å²) in [6, 6.07) is 10.2. The molecule has 0 amide bonds. The van der Waals surface area contributed by atoms with Gasteiger partial charge in [0.25, 0.3) is 0 Å². The van der Waals surface area contributed by atoms with E-state index in [0.717, 1.165) is 18.0 Å². The van der Waals surface area contributed by atoms with Gasteiger partial charge in [0.2, 0.25) is 0 Å². The zero-order valence-corrected chi connectivity index (χ0v) is 12.1. The van der Waals surface area contributed by atoms with Crippen molar-refractivity contribution in [1.82, 2.24) is 5.32 Å². The van der Waals surface area contributed by atoms with Crippen LogP contribution in [0.2, 0.25) is 0 Å². The molecular weight excluding hydrogens is 274 g/mol. The van der Waals surface area contributed by atoms with Crippen LogP contribution < -0.4 is 5.32 Å². The molecule has 2 fully saturated rings. The third-order valence-corrected chi connectivity index (χ3v) is 5.16. The Morgan fingerprint density at radius 1 is 1.24 bits per heavy atom. The maximum absolute atomic E-state index is 3.78. The molecule has 0 heterocycles. The van der Waals surface area contributed by atoms with Crippen molar-refractivity contribution < 1.29 is 0 Å². The van der Waals surface area contributed by atoms with Gasteiger partial charge in [-0.25, -0.2) is 0 Å². The molecule has 2 saturated carbocycles. The first-order valence-corrected chi connectivity index (χ1v) is 7.36. The van der Waals surface area contributed by atoms with E-state index in [9.17, 15) is 0 Å². The van der Waals surface area contributed by atoms with Crippen LogP contribution in [0.3, 0.4) is 0 Å². The van der Waals surface area contributed by atoms with E-state index >= 15 is 0 Å². The highest BCUT2D eigenvalue weighted by Crippen LogP contribution is 2.47. The molecule has 2 aliphatic rings. The van der Waals surface area contributed by atoms with Crippen LogP contribution in [0.5, 0.6) is 0 Å². The minimum Gasteiger partial charge on any atom is -0.311 e. The van der Waals surface area contributed by atoms with Crippen LogP contribution in [-0.4, -0.2) is 12.1 Å². The molecule has 0 aliphatic heterocycles. The van der Waals surface area contributed by atoms with Crippen LogP contribution in [0, 0.1) is 5.41 Å². The first-order chi connectivity index (χ1) is 8.06.